The van der Waals surface area contributed by atoms with Gasteiger partial charge in [-0.25, -0.2) is 0 Å². The second-order valence-corrected chi connectivity index (χ2v) is 12.1. The quantitative estimate of drug-likeness (QED) is 0.380. The van der Waals surface area contributed by atoms with E-state index in [0.29, 0.717) is 36.8 Å². The molecule has 0 aliphatic heterocycles. The fraction of sp³-hybridized carbons (Fsp3) is 0.571. The minimum absolute atomic E-state index is 0.221. The van der Waals surface area contributed by atoms with Crippen molar-refractivity contribution in [3.8, 4) is 0 Å². The maximum atomic E-state index is 12.0. The summed E-state index contributed by atoms with van der Waals surface area (Å²) in [6.07, 6.45) is 4.28. The van der Waals surface area contributed by atoms with Gasteiger partial charge < -0.3 is 19.2 Å². The van der Waals surface area contributed by atoms with E-state index in [1.807, 2.05) is 0 Å². The molecule has 0 atom stereocenters. The first kappa shape index (κ1) is 19.1. The number of hydrogen-bond donors (Lipinski definition) is 4. The van der Waals surface area contributed by atoms with E-state index in [9.17, 15) is 28.8 Å². The van der Waals surface area contributed by atoms with Crippen LogP contribution in [-0.4, -0.2) is 47.9 Å². The summed E-state index contributed by atoms with van der Waals surface area (Å²) in [5, 5.41) is 0. The van der Waals surface area contributed by atoms with E-state index in [-0.39, 0.29) is 23.7 Å². The lowest BCUT2D eigenvalue weighted by molar-refractivity contribution is -0.115. The highest BCUT2D eigenvalue weighted by molar-refractivity contribution is 6.63. The number of ketones is 2. The molecule has 1 aliphatic carbocycles. The second-order valence-electron chi connectivity index (χ2n) is 6.21. The number of allylic oxidation sites excluding steroid dienone is 4. The summed E-state index contributed by atoms with van der Waals surface area (Å²) in [5.74, 6) is -0.441. The van der Waals surface area contributed by atoms with Crippen molar-refractivity contribution in [2.75, 3.05) is 0 Å². The molecule has 0 unspecified atom stereocenters. The maximum absolute atomic E-state index is 12.0. The maximum Gasteiger partial charge on any atom is 0.329 e. The van der Waals surface area contributed by atoms with Crippen LogP contribution >= 0.6 is 0 Å². The summed E-state index contributed by atoms with van der Waals surface area (Å²) < 4.78 is 0. The molecule has 0 saturated carbocycles. The van der Waals surface area contributed by atoms with Crippen LogP contribution in [-0.2, 0) is 9.59 Å². The van der Waals surface area contributed by atoms with Crippen LogP contribution in [0.25, 0.3) is 0 Å². The molecule has 0 heterocycles. The molecule has 6 nitrogen and oxygen atoms in total. The van der Waals surface area contributed by atoms with Gasteiger partial charge in [0.05, 0.1) is 0 Å². The van der Waals surface area contributed by atoms with E-state index in [1.54, 1.807) is 0 Å². The first-order valence-electron chi connectivity index (χ1n) is 7.37. The zero-order chi connectivity index (χ0) is 17.0. The Kier molecular flexibility index (Phi) is 6.59. The van der Waals surface area contributed by atoms with E-state index in [0.717, 1.165) is 0 Å². The highest BCUT2D eigenvalue weighted by atomic mass is 28.4. The molecule has 0 aromatic carbocycles. The topological polar surface area (TPSA) is 115 Å². The summed E-state index contributed by atoms with van der Waals surface area (Å²) >= 11 is 0. The number of rotatable bonds is 8. The lowest BCUT2D eigenvalue weighted by Crippen LogP contribution is -2.29. The fourth-order valence-electron chi connectivity index (χ4n) is 2.26. The number of carbonyl (C=O) groups is 2. The molecule has 0 aromatic rings. The number of hydrogen-bond acceptors (Lipinski definition) is 6. The molecule has 0 amide bonds. The third kappa shape index (κ3) is 7.38. The van der Waals surface area contributed by atoms with Gasteiger partial charge in [0, 0.05) is 11.1 Å². The fourth-order valence-corrected chi connectivity index (χ4v) is 3.96. The van der Waals surface area contributed by atoms with E-state index in [4.69, 9.17) is 0 Å². The molecule has 0 radical (unpaired) electrons. The molecule has 1 aliphatic rings. The first-order chi connectivity index (χ1) is 9.98. The third-order valence-corrected chi connectivity index (χ3v) is 6.04. The van der Waals surface area contributed by atoms with E-state index in [1.165, 1.54) is 25.2 Å². The lowest BCUT2D eigenvalue weighted by atomic mass is 9.92. The normalized spacial score (nSPS) is 16.6. The summed E-state index contributed by atoms with van der Waals surface area (Å²) in [6, 6.07) is 0.525. The molecule has 0 spiro atoms. The zero-order valence-electron chi connectivity index (χ0n) is 13.0. The molecule has 8 heteroatoms. The lowest BCUT2D eigenvalue weighted by Gasteiger charge is -2.15. The first-order valence-corrected chi connectivity index (χ1v) is 12.6. The Morgan fingerprint density at radius 3 is 1.36 bits per heavy atom. The summed E-state index contributed by atoms with van der Waals surface area (Å²) in [4.78, 5) is 61.3. The molecule has 0 bridgehead atoms. The van der Waals surface area contributed by atoms with Crippen LogP contribution in [0.15, 0.2) is 23.3 Å². The van der Waals surface area contributed by atoms with Crippen molar-refractivity contribution in [2.45, 2.75) is 50.9 Å². The molecule has 22 heavy (non-hydrogen) atoms. The molecule has 0 fully saturated rings. The van der Waals surface area contributed by atoms with Crippen molar-refractivity contribution in [1.82, 2.24) is 0 Å². The Labute approximate surface area is 132 Å². The minimum Gasteiger partial charge on any atom is -0.411 e. The predicted octanol–water partition coefficient (Wildman–Crippen LogP) is 0.665. The standard InChI is InChI=1S/C14H24O6Si2/c1-21(17,18)7-3-5-11-9-14(16)12(10-13(11)15)6-4-8-22(2,19)20/h9-10,17-20H,3-8H2,1-2H3. The molecule has 1 rings (SSSR count). The van der Waals surface area contributed by atoms with E-state index in [2.05, 4.69) is 0 Å². The summed E-state index contributed by atoms with van der Waals surface area (Å²) in [6.45, 7) is 2.82. The van der Waals surface area contributed by atoms with Gasteiger partial charge >= 0.3 is 17.1 Å². The van der Waals surface area contributed by atoms with Gasteiger partial charge in [0.15, 0.2) is 11.6 Å². The SMILES string of the molecule is C[Si](O)(O)CCCC1=CC(=O)C(CCC[Si](C)(O)O)=CC1=O. The van der Waals surface area contributed by atoms with Gasteiger partial charge in [-0.2, -0.15) is 0 Å². The second kappa shape index (κ2) is 7.58. The van der Waals surface area contributed by atoms with Crippen molar-refractivity contribution in [3.05, 3.63) is 23.3 Å². The van der Waals surface area contributed by atoms with Gasteiger partial charge in [0.25, 0.3) is 0 Å². The van der Waals surface area contributed by atoms with Gasteiger partial charge in [0.2, 0.25) is 0 Å². The predicted molar refractivity (Wildman–Crippen MR) is 86.4 cm³/mol. The minimum atomic E-state index is -3.11. The van der Waals surface area contributed by atoms with Gasteiger partial charge in [-0.1, -0.05) is 0 Å². The van der Waals surface area contributed by atoms with Crippen LogP contribution in [0.5, 0.6) is 0 Å². The van der Waals surface area contributed by atoms with Crippen molar-refractivity contribution >= 4 is 28.7 Å². The Morgan fingerprint density at radius 2 is 1.09 bits per heavy atom. The van der Waals surface area contributed by atoms with E-state index >= 15 is 0 Å². The molecule has 0 aromatic heterocycles. The van der Waals surface area contributed by atoms with Crippen molar-refractivity contribution in [1.29, 1.82) is 0 Å². The summed E-state index contributed by atoms with van der Waals surface area (Å²) in [5.41, 5.74) is 0.797. The van der Waals surface area contributed by atoms with Gasteiger partial charge in [0.1, 0.15) is 0 Å². The van der Waals surface area contributed by atoms with Crippen LogP contribution in [0.3, 0.4) is 0 Å². The van der Waals surface area contributed by atoms with Crippen molar-refractivity contribution in [2.24, 2.45) is 0 Å². The highest BCUT2D eigenvalue weighted by Crippen LogP contribution is 2.22. The number of carbonyl (C=O) groups excluding carboxylic acids is 2. The van der Waals surface area contributed by atoms with E-state index < -0.39 is 17.1 Å². The van der Waals surface area contributed by atoms with Crippen LogP contribution < -0.4 is 0 Å². The average molecular weight is 345 g/mol. The molecular formula is C14H24O6Si2. The highest BCUT2D eigenvalue weighted by Gasteiger charge is 2.25. The van der Waals surface area contributed by atoms with Crippen LogP contribution in [0.1, 0.15) is 25.7 Å². The summed E-state index contributed by atoms with van der Waals surface area (Å²) in [7, 11) is -6.22. The Morgan fingerprint density at radius 1 is 0.773 bits per heavy atom. The monoisotopic (exact) mass is 344 g/mol. The smallest absolute Gasteiger partial charge is 0.329 e. The third-order valence-electron chi connectivity index (χ3n) is 3.44. The molecule has 124 valence electrons. The van der Waals surface area contributed by atoms with Gasteiger partial charge in [-0.15, -0.1) is 0 Å². The molecule has 4 N–H and O–H groups in total. The van der Waals surface area contributed by atoms with Crippen molar-refractivity contribution < 1.29 is 28.8 Å². The Balaban J connectivity index is 2.52. The van der Waals surface area contributed by atoms with Crippen LogP contribution in [0.4, 0.5) is 0 Å². The molecule has 0 saturated heterocycles. The largest absolute Gasteiger partial charge is 0.411 e. The Hall–Kier alpha value is -0.906. The van der Waals surface area contributed by atoms with Crippen LogP contribution in [0.2, 0.25) is 25.2 Å². The van der Waals surface area contributed by atoms with Crippen LogP contribution in [0, 0.1) is 0 Å². The van der Waals surface area contributed by atoms with Gasteiger partial charge in [-0.05, 0) is 63.0 Å². The van der Waals surface area contributed by atoms with Gasteiger partial charge in [-0.3, -0.25) is 9.59 Å². The Bertz CT molecular complexity index is 450. The van der Waals surface area contributed by atoms with Crippen molar-refractivity contribution in [3.63, 3.8) is 0 Å². The average Bonchev–Trinajstić information content (AvgIpc) is 2.31. The molecular weight excluding hydrogens is 320 g/mol. The zero-order valence-corrected chi connectivity index (χ0v) is 15.0.